The van der Waals surface area contributed by atoms with Gasteiger partial charge in [0.1, 0.15) is 11.6 Å². The highest BCUT2D eigenvalue weighted by Crippen LogP contribution is 2.33. The number of carbonyl (C=O) groups is 1. The number of para-hydroxylation sites is 1. The highest BCUT2D eigenvalue weighted by molar-refractivity contribution is 5.90. The maximum absolute atomic E-state index is 14.2. The van der Waals surface area contributed by atoms with E-state index in [1.165, 1.54) is 6.07 Å². The third kappa shape index (κ3) is 5.63. The monoisotopic (exact) mass is 489 g/mol. The maximum atomic E-state index is 14.2. The van der Waals surface area contributed by atoms with Crippen molar-refractivity contribution >= 4 is 28.6 Å². The van der Waals surface area contributed by atoms with E-state index in [9.17, 15) is 22.4 Å². The number of nitrogens with zero attached hydrogens (tertiary/aromatic N) is 3. The Kier molecular flexibility index (Phi) is 7.09. The second kappa shape index (κ2) is 10.1. The number of halogens is 4. The van der Waals surface area contributed by atoms with Gasteiger partial charge in [0, 0.05) is 43.5 Å². The van der Waals surface area contributed by atoms with Gasteiger partial charge in [-0.05, 0) is 43.9 Å². The number of rotatable bonds is 6. The molecule has 1 aliphatic rings. The molecule has 2 aromatic carbocycles. The van der Waals surface area contributed by atoms with E-state index < -0.39 is 17.6 Å². The fourth-order valence-corrected chi connectivity index (χ4v) is 4.41. The van der Waals surface area contributed by atoms with Gasteiger partial charge in [0.05, 0.1) is 11.1 Å². The van der Waals surface area contributed by atoms with Crippen LogP contribution in [0.15, 0.2) is 42.5 Å². The molecule has 1 heterocycles. The number of hydrogen-bond acceptors (Lipinski definition) is 5. The van der Waals surface area contributed by atoms with Crippen molar-refractivity contribution in [3.8, 4) is 0 Å². The molecule has 1 aliphatic carbocycles. The largest absolute Gasteiger partial charge is 0.419 e. The Hall–Kier alpha value is -3.43. The van der Waals surface area contributed by atoms with Crippen LogP contribution in [0.25, 0.3) is 10.9 Å². The first-order valence-corrected chi connectivity index (χ1v) is 11.5. The number of fused-ring (bicyclic) bond motifs is 1. The van der Waals surface area contributed by atoms with E-state index in [1.807, 2.05) is 43.3 Å². The van der Waals surface area contributed by atoms with Gasteiger partial charge in [0.15, 0.2) is 0 Å². The van der Waals surface area contributed by atoms with Gasteiger partial charge < -0.3 is 15.5 Å². The zero-order valence-corrected chi connectivity index (χ0v) is 19.5. The second-order valence-corrected chi connectivity index (χ2v) is 8.97. The minimum absolute atomic E-state index is 0.0936. The van der Waals surface area contributed by atoms with Gasteiger partial charge in [-0.25, -0.2) is 9.37 Å². The smallest absolute Gasteiger partial charge is 0.362 e. The molecule has 0 radical (unpaired) electrons. The first-order valence-electron chi connectivity index (χ1n) is 11.5. The molecule has 1 aromatic heterocycles. The third-order valence-electron chi connectivity index (χ3n) is 6.28. The van der Waals surface area contributed by atoms with Crippen molar-refractivity contribution in [3.63, 3.8) is 0 Å². The number of carbonyl (C=O) groups excluding carboxylic acids is 1. The molecule has 1 saturated carbocycles. The van der Waals surface area contributed by atoms with Crippen molar-refractivity contribution in [3.05, 3.63) is 59.4 Å². The van der Waals surface area contributed by atoms with Crippen LogP contribution in [0.5, 0.6) is 0 Å². The summed E-state index contributed by atoms with van der Waals surface area (Å²) in [7, 11) is 3.85. The zero-order valence-electron chi connectivity index (χ0n) is 19.5. The van der Waals surface area contributed by atoms with Crippen LogP contribution in [0.3, 0.4) is 0 Å². The first kappa shape index (κ1) is 24.7. The highest BCUT2D eigenvalue weighted by atomic mass is 19.4. The molecule has 0 saturated heterocycles. The lowest BCUT2D eigenvalue weighted by atomic mass is 9.85. The molecule has 4 rings (SSSR count). The van der Waals surface area contributed by atoms with E-state index in [1.54, 1.807) is 0 Å². The molecule has 1 fully saturated rings. The number of nitrogens with one attached hydrogen (secondary N) is 2. The molecule has 2 N–H and O–H groups in total. The van der Waals surface area contributed by atoms with Crippen LogP contribution in [0, 0.1) is 11.7 Å². The van der Waals surface area contributed by atoms with Gasteiger partial charge >= 0.3 is 6.18 Å². The van der Waals surface area contributed by atoms with Crippen molar-refractivity contribution in [1.29, 1.82) is 0 Å². The molecule has 6 nitrogen and oxygen atoms in total. The predicted octanol–water partition coefficient (Wildman–Crippen LogP) is 5.14. The Bertz CT molecular complexity index is 1210. The van der Waals surface area contributed by atoms with Crippen molar-refractivity contribution < 1.29 is 22.4 Å². The lowest BCUT2D eigenvalue weighted by Crippen LogP contribution is -2.36. The second-order valence-electron chi connectivity index (χ2n) is 8.97. The normalized spacial score (nSPS) is 18.3. The number of amides is 1. The lowest BCUT2D eigenvalue weighted by Gasteiger charge is -2.29. The first-order chi connectivity index (χ1) is 16.6. The van der Waals surface area contributed by atoms with Crippen LogP contribution in [0.1, 0.15) is 36.8 Å². The summed E-state index contributed by atoms with van der Waals surface area (Å²) in [6, 6.07) is 10.9. The molecule has 0 bridgehead atoms. The molecule has 35 heavy (non-hydrogen) atoms. The van der Waals surface area contributed by atoms with Crippen LogP contribution < -0.4 is 15.5 Å². The molecule has 1 amide bonds. The molecule has 3 aromatic rings. The van der Waals surface area contributed by atoms with E-state index in [0.717, 1.165) is 22.8 Å². The SMILES string of the molecule is CN(C)c1nc(NC2CCC(C(=O)NCc3cccc(C(F)(F)F)c3F)CC2)nc2ccccc12. The number of alkyl halides is 3. The van der Waals surface area contributed by atoms with Gasteiger partial charge in [-0.1, -0.05) is 24.3 Å². The van der Waals surface area contributed by atoms with Gasteiger partial charge in [0.25, 0.3) is 0 Å². The van der Waals surface area contributed by atoms with Crippen LogP contribution >= 0.6 is 0 Å². The Morgan fingerprint density at radius 2 is 1.74 bits per heavy atom. The topological polar surface area (TPSA) is 70.2 Å². The van der Waals surface area contributed by atoms with Crippen LogP contribution in [-0.2, 0) is 17.5 Å². The quantitative estimate of drug-likeness (QED) is 0.469. The molecule has 186 valence electrons. The molecular weight excluding hydrogens is 462 g/mol. The van der Waals surface area contributed by atoms with Crippen LogP contribution in [0.2, 0.25) is 0 Å². The van der Waals surface area contributed by atoms with Gasteiger partial charge in [-0.2, -0.15) is 18.2 Å². The van der Waals surface area contributed by atoms with Crippen molar-refractivity contribution in [1.82, 2.24) is 15.3 Å². The molecule has 10 heteroatoms. The van der Waals surface area contributed by atoms with E-state index in [2.05, 4.69) is 20.6 Å². The molecule has 0 atom stereocenters. The standard InChI is InChI=1S/C25H27F4N5O/c1-34(2)22-18-7-3-4-9-20(18)32-24(33-22)31-17-12-10-15(11-13-17)23(35)30-14-16-6-5-8-19(21(16)26)25(27,28)29/h3-9,15,17H,10-14H2,1-2H3,(H,30,35)(H,31,32,33). The summed E-state index contributed by atoms with van der Waals surface area (Å²) in [4.78, 5) is 23.8. The Labute approximate surface area is 200 Å². The summed E-state index contributed by atoms with van der Waals surface area (Å²) in [6.07, 6.45) is -2.16. The van der Waals surface area contributed by atoms with Gasteiger partial charge in [-0.3, -0.25) is 4.79 Å². The Morgan fingerprint density at radius 1 is 1.03 bits per heavy atom. The molecule has 0 unspecified atom stereocenters. The summed E-state index contributed by atoms with van der Waals surface area (Å²) in [6.45, 7) is -0.287. The summed E-state index contributed by atoms with van der Waals surface area (Å²) < 4.78 is 52.9. The van der Waals surface area contributed by atoms with Crippen LogP contribution in [0.4, 0.5) is 29.3 Å². The fourth-order valence-electron chi connectivity index (χ4n) is 4.41. The fraction of sp³-hybridized carbons (Fsp3) is 0.400. The van der Waals surface area contributed by atoms with Crippen LogP contribution in [-0.4, -0.2) is 36.0 Å². The summed E-state index contributed by atoms with van der Waals surface area (Å²) in [5.74, 6) is -0.567. The number of anilines is 2. The van der Waals surface area contributed by atoms with E-state index in [0.29, 0.717) is 37.7 Å². The number of aromatic nitrogens is 2. The van der Waals surface area contributed by atoms with Gasteiger partial charge in [-0.15, -0.1) is 0 Å². The summed E-state index contributed by atoms with van der Waals surface area (Å²) in [5.41, 5.74) is -0.679. The van der Waals surface area contributed by atoms with Crippen molar-refractivity contribution in [2.75, 3.05) is 24.3 Å². The Balaban J connectivity index is 1.34. The Morgan fingerprint density at radius 3 is 2.43 bits per heavy atom. The average Bonchev–Trinajstić information content (AvgIpc) is 2.82. The van der Waals surface area contributed by atoms with Gasteiger partial charge in [0.2, 0.25) is 11.9 Å². The average molecular weight is 490 g/mol. The molecule has 0 aliphatic heterocycles. The van der Waals surface area contributed by atoms with E-state index in [4.69, 9.17) is 0 Å². The minimum Gasteiger partial charge on any atom is -0.362 e. The molecular formula is C25H27F4N5O. The highest BCUT2D eigenvalue weighted by Gasteiger charge is 2.35. The van der Waals surface area contributed by atoms with Crippen molar-refractivity contribution in [2.45, 2.75) is 44.4 Å². The van der Waals surface area contributed by atoms with Crippen molar-refractivity contribution in [2.24, 2.45) is 5.92 Å². The summed E-state index contributed by atoms with van der Waals surface area (Å²) in [5, 5.41) is 6.93. The number of hydrogen-bond donors (Lipinski definition) is 2. The summed E-state index contributed by atoms with van der Waals surface area (Å²) >= 11 is 0. The minimum atomic E-state index is -4.78. The predicted molar refractivity (Wildman–Crippen MR) is 126 cm³/mol. The maximum Gasteiger partial charge on any atom is 0.419 e. The number of benzene rings is 2. The zero-order chi connectivity index (χ0) is 25.2. The lowest BCUT2D eigenvalue weighted by molar-refractivity contribution is -0.140. The van der Waals surface area contributed by atoms with E-state index >= 15 is 0 Å². The van der Waals surface area contributed by atoms with E-state index in [-0.39, 0.29) is 30.0 Å². The third-order valence-corrected chi connectivity index (χ3v) is 6.28. The molecule has 0 spiro atoms.